The molecule has 1 aromatic rings. The van der Waals surface area contributed by atoms with E-state index in [0.29, 0.717) is 12.2 Å². The van der Waals surface area contributed by atoms with Crippen molar-refractivity contribution in [2.24, 2.45) is 5.92 Å². The number of hydrogen-bond acceptors (Lipinski definition) is 3. The number of hydrogen-bond donors (Lipinski definition) is 3. The highest BCUT2D eigenvalue weighted by Crippen LogP contribution is 2.26. The van der Waals surface area contributed by atoms with Crippen molar-refractivity contribution >= 4 is 11.7 Å². The molecule has 1 aliphatic rings. The SMILES string of the molecule is O=C(O)c1ccccc1NCC1CCCC1O. The Morgan fingerprint density at radius 1 is 1.35 bits per heavy atom. The summed E-state index contributed by atoms with van der Waals surface area (Å²) in [4.78, 5) is 11.0. The van der Waals surface area contributed by atoms with Crippen molar-refractivity contribution in [3.8, 4) is 0 Å². The van der Waals surface area contributed by atoms with E-state index in [9.17, 15) is 9.90 Å². The molecule has 1 saturated carbocycles. The highest BCUT2D eigenvalue weighted by Gasteiger charge is 2.25. The Morgan fingerprint density at radius 3 is 2.76 bits per heavy atom. The van der Waals surface area contributed by atoms with Crippen LogP contribution in [-0.4, -0.2) is 28.8 Å². The summed E-state index contributed by atoms with van der Waals surface area (Å²) in [6.07, 6.45) is 2.66. The average Bonchev–Trinajstić information content (AvgIpc) is 2.72. The minimum atomic E-state index is -0.930. The van der Waals surface area contributed by atoms with Gasteiger partial charge in [0, 0.05) is 18.2 Å². The molecule has 0 amide bonds. The van der Waals surface area contributed by atoms with Gasteiger partial charge in [0.25, 0.3) is 0 Å². The first-order valence-electron chi connectivity index (χ1n) is 5.92. The molecule has 92 valence electrons. The molecule has 0 radical (unpaired) electrons. The van der Waals surface area contributed by atoms with Crippen LogP contribution >= 0.6 is 0 Å². The van der Waals surface area contributed by atoms with Crippen LogP contribution in [0.1, 0.15) is 29.6 Å². The maximum absolute atomic E-state index is 11.0. The van der Waals surface area contributed by atoms with Crippen molar-refractivity contribution in [2.45, 2.75) is 25.4 Å². The van der Waals surface area contributed by atoms with E-state index in [0.717, 1.165) is 19.3 Å². The molecule has 1 fully saturated rings. The Kier molecular flexibility index (Phi) is 3.64. The van der Waals surface area contributed by atoms with E-state index in [1.807, 2.05) is 0 Å². The second kappa shape index (κ2) is 5.19. The molecule has 0 bridgehead atoms. The van der Waals surface area contributed by atoms with Crippen LogP contribution in [0.5, 0.6) is 0 Å². The molecule has 0 heterocycles. The maximum atomic E-state index is 11.0. The zero-order valence-corrected chi connectivity index (χ0v) is 9.60. The third kappa shape index (κ3) is 2.77. The standard InChI is InChI=1S/C13H17NO3/c15-12-7-3-4-9(12)8-14-11-6-2-1-5-10(11)13(16)17/h1-2,5-6,9,12,14-15H,3-4,7-8H2,(H,16,17). The Bertz CT molecular complexity index is 405. The molecule has 0 aromatic heterocycles. The summed E-state index contributed by atoms with van der Waals surface area (Å²) in [5.41, 5.74) is 0.902. The van der Waals surface area contributed by atoms with Crippen LogP contribution in [0, 0.1) is 5.92 Å². The number of anilines is 1. The van der Waals surface area contributed by atoms with Gasteiger partial charge >= 0.3 is 5.97 Å². The molecule has 2 rings (SSSR count). The number of carbonyl (C=O) groups is 1. The van der Waals surface area contributed by atoms with Crippen LogP contribution in [0.3, 0.4) is 0 Å². The lowest BCUT2D eigenvalue weighted by molar-refractivity contribution is 0.0698. The summed E-state index contributed by atoms with van der Waals surface area (Å²) < 4.78 is 0. The van der Waals surface area contributed by atoms with Crippen LogP contribution in [-0.2, 0) is 0 Å². The van der Waals surface area contributed by atoms with Crippen molar-refractivity contribution in [3.05, 3.63) is 29.8 Å². The number of para-hydroxylation sites is 1. The predicted octanol–water partition coefficient (Wildman–Crippen LogP) is 1.96. The van der Waals surface area contributed by atoms with E-state index in [4.69, 9.17) is 5.11 Å². The monoisotopic (exact) mass is 235 g/mol. The van der Waals surface area contributed by atoms with Gasteiger partial charge in [0.1, 0.15) is 0 Å². The average molecular weight is 235 g/mol. The lowest BCUT2D eigenvalue weighted by Gasteiger charge is -2.16. The number of aliphatic hydroxyl groups is 1. The number of rotatable bonds is 4. The quantitative estimate of drug-likeness (QED) is 0.746. The van der Waals surface area contributed by atoms with E-state index in [1.54, 1.807) is 24.3 Å². The number of aliphatic hydroxyl groups excluding tert-OH is 1. The first-order chi connectivity index (χ1) is 8.18. The third-order valence-corrected chi connectivity index (χ3v) is 3.33. The number of benzene rings is 1. The van der Waals surface area contributed by atoms with Gasteiger partial charge in [-0.2, -0.15) is 0 Å². The largest absolute Gasteiger partial charge is 0.478 e. The van der Waals surface area contributed by atoms with Crippen LogP contribution in [0.2, 0.25) is 0 Å². The van der Waals surface area contributed by atoms with Gasteiger partial charge in [0.05, 0.1) is 11.7 Å². The van der Waals surface area contributed by atoms with Crippen LogP contribution in [0.4, 0.5) is 5.69 Å². The van der Waals surface area contributed by atoms with E-state index in [2.05, 4.69) is 5.32 Å². The smallest absolute Gasteiger partial charge is 0.337 e. The van der Waals surface area contributed by atoms with E-state index < -0.39 is 5.97 Å². The maximum Gasteiger partial charge on any atom is 0.337 e. The van der Waals surface area contributed by atoms with Crippen molar-refractivity contribution in [2.75, 3.05) is 11.9 Å². The van der Waals surface area contributed by atoms with Crippen LogP contribution < -0.4 is 5.32 Å². The molecular formula is C13H17NO3. The summed E-state index contributed by atoms with van der Waals surface area (Å²) in [6, 6.07) is 6.85. The summed E-state index contributed by atoms with van der Waals surface area (Å²) in [7, 11) is 0. The minimum Gasteiger partial charge on any atom is -0.478 e. The molecule has 2 unspecified atom stereocenters. The van der Waals surface area contributed by atoms with Crippen molar-refractivity contribution < 1.29 is 15.0 Å². The molecule has 1 aliphatic carbocycles. The van der Waals surface area contributed by atoms with Crippen molar-refractivity contribution in [1.82, 2.24) is 0 Å². The summed E-state index contributed by atoms with van der Waals surface area (Å²) in [6.45, 7) is 0.630. The fourth-order valence-corrected chi connectivity index (χ4v) is 2.32. The molecular weight excluding hydrogens is 218 g/mol. The normalized spacial score (nSPS) is 23.6. The van der Waals surface area contributed by atoms with Gasteiger partial charge < -0.3 is 15.5 Å². The van der Waals surface area contributed by atoms with Crippen LogP contribution in [0.15, 0.2) is 24.3 Å². The summed E-state index contributed by atoms with van der Waals surface area (Å²) in [5, 5.41) is 21.8. The molecule has 2 atom stereocenters. The molecule has 0 aliphatic heterocycles. The zero-order valence-electron chi connectivity index (χ0n) is 9.60. The van der Waals surface area contributed by atoms with Gasteiger partial charge in [-0.05, 0) is 25.0 Å². The number of carboxylic acid groups (broad SMARTS) is 1. The first kappa shape index (κ1) is 11.9. The van der Waals surface area contributed by atoms with Gasteiger partial charge in [-0.3, -0.25) is 0 Å². The third-order valence-electron chi connectivity index (χ3n) is 3.33. The van der Waals surface area contributed by atoms with E-state index in [-0.39, 0.29) is 17.6 Å². The summed E-state index contributed by atoms with van der Waals surface area (Å²) in [5.74, 6) is -0.697. The highest BCUT2D eigenvalue weighted by atomic mass is 16.4. The van der Waals surface area contributed by atoms with Crippen molar-refractivity contribution in [3.63, 3.8) is 0 Å². The lowest BCUT2D eigenvalue weighted by Crippen LogP contribution is -2.22. The van der Waals surface area contributed by atoms with Gasteiger partial charge in [0.15, 0.2) is 0 Å². The number of nitrogens with one attached hydrogen (secondary N) is 1. The molecule has 0 saturated heterocycles. The summed E-state index contributed by atoms with van der Waals surface area (Å²) >= 11 is 0. The Labute approximate surface area is 100 Å². The second-order valence-corrected chi connectivity index (χ2v) is 4.49. The Morgan fingerprint density at radius 2 is 2.12 bits per heavy atom. The molecule has 1 aromatic carbocycles. The molecule has 4 nitrogen and oxygen atoms in total. The van der Waals surface area contributed by atoms with Gasteiger partial charge in [-0.25, -0.2) is 4.79 Å². The predicted molar refractivity (Wildman–Crippen MR) is 65.2 cm³/mol. The zero-order chi connectivity index (χ0) is 12.3. The van der Waals surface area contributed by atoms with Gasteiger partial charge in [-0.1, -0.05) is 18.6 Å². The first-order valence-corrected chi connectivity index (χ1v) is 5.92. The van der Waals surface area contributed by atoms with E-state index in [1.165, 1.54) is 0 Å². The second-order valence-electron chi connectivity index (χ2n) is 4.49. The topological polar surface area (TPSA) is 69.6 Å². The van der Waals surface area contributed by atoms with E-state index >= 15 is 0 Å². The van der Waals surface area contributed by atoms with Gasteiger partial charge in [0.2, 0.25) is 0 Å². The van der Waals surface area contributed by atoms with Crippen molar-refractivity contribution in [1.29, 1.82) is 0 Å². The van der Waals surface area contributed by atoms with Crippen LogP contribution in [0.25, 0.3) is 0 Å². The molecule has 4 heteroatoms. The Balaban J connectivity index is 2.01. The fourth-order valence-electron chi connectivity index (χ4n) is 2.32. The molecule has 3 N–H and O–H groups in total. The highest BCUT2D eigenvalue weighted by molar-refractivity contribution is 5.94. The minimum absolute atomic E-state index is 0.233. The van der Waals surface area contributed by atoms with Gasteiger partial charge in [-0.15, -0.1) is 0 Å². The fraction of sp³-hybridized carbons (Fsp3) is 0.462. The number of aromatic carboxylic acids is 1. The molecule has 0 spiro atoms. The number of carboxylic acids is 1. The molecule has 17 heavy (non-hydrogen) atoms. The lowest BCUT2D eigenvalue weighted by atomic mass is 10.1. The Hall–Kier alpha value is -1.55.